The molecule has 2 aromatic carbocycles. The number of hydrogen-bond acceptors (Lipinski definition) is 6. The summed E-state index contributed by atoms with van der Waals surface area (Å²) < 4.78 is 5.70. The lowest BCUT2D eigenvalue weighted by Gasteiger charge is -2.32. The molecular formula is C25H35N3O6. The van der Waals surface area contributed by atoms with Gasteiger partial charge in [0.05, 0.1) is 13.0 Å². The maximum atomic E-state index is 13.5. The quantitative estimate of drug-likeness (QED) is 0.293. The van der Waals surface area contributed by atoms with Crippen LogP contribution in [0.25, 0.3) is 10.8 Å². The smallest absolute Gasteiger partial charge is 0.273 e. The Morgan fingerprint density at radius 2 is 1.68 bits per heavy atom. The van der Waals surface area contributed by atoms with Crippen LogP contribution in [0.2, 0.25) is 0 Å². The number of rotatable bonds is 11. The minimum absolute atomic E-state index is 0.154. The van der Waals surface area contributed by atoms with Gasteiger partial charge in [0.25, 0.3) is 11.8 Å². The third kappa shape index (κ3) is 7.24. The Hall–Kier alpha value is -3.01. The normalized spacial score (nSPS) is 14.2. The van der Waals surface area contributed by atoms with Crippen LogP contribution in [-0.2, 0) is 30.4 Å². The summed E-state index contributed by atoms with van der Waals surface area (Å²) in [6, 6.07) is 12.6. The second-order valence-corrected chi connectivity index (χ2v) is 9.24. The second kappa shape index (κ2) is 12.5. The predicted octanol–water partition coefficient (Wildman–Crippen LogP) is 2.51. The molecule has 0 fully saturated rings. The van der Waals surface area contributed by atoms with Gasteiger partial charge in [-0.15, -0.1) is 0 Å². The van der Waals surface area contributed by atoms with Gasteiger partial charge in [0.1, 0.15) is 12.1 Å². The van der Waals surface area contributed by atoms with Gasteiger partial charge in [0, 0.05) is 6.61 Å². The van der Waals surface area contributed by atoms with E-state index < -0.39 is 41.2 Å². The fraction of sp³-hybridized carbons (Fsp3) is 0.480. The zero-order chi connectivity index (χ0) is 25.3. The van der Waals surface area contributed by atoms with Gasteiger partial charge in [0.2, 0.25) is 5.91 Å². The molecule has 0 heterocycles. The summed E-state index contributed by atoms with van der Waals surface area (Å²) in [5.41, 5.74) is 4.03. The Kier molecular flexibility index (Phi) is 9.97. The van der Waals surface area contributed by atoms with Crippen LogP contribution in [0.4, 0.5) is 0 Å². The van der Waals surface area contributed by atoms with Crippen LogP contribution < -0.4 is 16.3 Å². The monoisotopic (exact) mass is 473 g/mol. The number of carbonyl (C=O) groups is 3. The molecule has 2 rings (SSSR count). The SMILES string of the molecule is CCCO[C@H](C(=O)NO)[C@@H](Cc1ccc2ccccc2c1)C(=O)N[C@H](C(=O)NOC)C(C)(C)C. The molecule has 9 heteroatoms. The van der Waals surface area contributed by atoms with Gasteiger partial charge in [-0.1, -0.05) is 70.2 Å². The van der Waals surface area contributed by atoms with E-state index in [1.807, 2.05) is 49.4 Å². The third-order valence-corrected chi connectivity index (χ3v) is 5.46. The van der Waals surface area contributed by atoms with Crippen molar-refractivity contribution in [3.05, 3.63) is 48.0 Å². The van der Waals surface area contributed by atoms with E-state index in [0.29, 0.717) is 6.42 Å². The van der Waals surface area contributed by atoms with Gasteiger partial charge in [-0.25, -0.2) is 11.0 Å². The maximum absolute atomic E-state index is 13.5. The lowest BCUT2D eigenvalue weighted by Crippen LogP contribution is -2.57. The first-order valence-corrected chi connectivity index (χ1v) is 11.3. The number of amides is 3. The highest BCUT2D eigenvalue weighted by molar-refractivity contribution is 5.93. The Bertz CT molecular complexity index is 988. The molecule has 2 aromatic rings. The molecule has 0 aliphatic heterocycles. The molecule has 0 radical (unpaired) electrons. The van der Waals surface area contributed by atoms with Gasteiger partial charge in [-0.3, -0.25) is 24.4 Å². The molecule has 0 saturated carbocycles. The number of nitrogens with one attached hydrogen (secondary N) is 3. The molecular weight excluding hydrogens is 438 g/mol. The molecule has 186 valence electrons. The molecule has 34 heavy (non-hydrogen) atoms. The van der Waals surface area contributed by atoms with E-state index in [9.17, 15) is 19.6 Å². The molecule has 0 aromatic heterocycles. The Balaban J connectivity index is 2.43. The Morgan fingerprint density at radius 1 is 1.00 bits per heavy atom. The van der Waals surface area contributed by atoms with E-state index >= 15 is 0 Å². The molecule has 4 N–H and O–H groups in total. The topological polar surface area (TPSA) is 126 Å². The predicted molar refractivity (Wildman–Crippen MR) is 128 cm³/mol. The number of carbonyl (C=O) groups excluding carboxylic acids is 3. The highest BCUT2D eigenvalue weighted by atomic mass is 16.6. The zero-order valence-corrected chi connectivity index (χ0v) is 20.4. The minimum Gasteiger partial charge on any atom is -0.367 e. The molecule has 3 atom stereocenters. The second-order valence-electron chi connectivity index (χ2n) is 9.24. The summed E-state index contributed by atoms with van der Waals surface area (Å²) in [5.74, 6) is -2.92. The van der Waals surface area contributed by atoms with Gasteiger partial charge < -0.3 is 10.1 Å². The van der Waals surface area contributed by atoms with E-state index in [-0.39, 0.29) is 13.0 Å². The number of hydroxylamine groups is 2. The molecule has 0 saturated heterocycles. The molecule has 9 nitrogen and oxygen atoms in total. The molecule has 0 bridgehead atoms. The molecule has 0 unspecified atom stereocenters. The summed E-state index contributed by atoms with van der Waals surface area (Å²) in [6.07, 6.45) is -0.496. The highest BCUT2D eigenvalue weighted by Gasteiger charge is 2.39. The molecule has 0 spiro atoms. The van der Waals surface area contributed by atoms with Crippen molar-refractivity contribution in [2.45, 2.75) is 52.7 Å². The fourth-order valence-electron chi connectivity index (χ4n) is 3.72. The number of benzene rings is 2. The number of ether oxygens (including phenoxy) is 1. The van der Waals surface area contributed by atoms with E-state index in [1.165, 1.54) is 7.11 Å². The van der Waals surface area contributed by atoms with Crippen molar-refractivity contribution in [1.82, 2.24) is 16.3 Å². The highest BCUT2D eigenvalue weighted by Crippen LogP contribution is 2.24. The van der Waals surface area contributed by atoms with E-state index in [1.54, 1.807) is 26.3 Å². The summed E-state index contributed by atoms with van der Waals surface area (Å²) in [4.78, 5) is 43.4. The van der Waals surface area contributed by atoms with E-state index in [2.05, 4.69) is 10.8 Å². The average Bonchev–Trinajstić information content (AvgIpc) is 2.80. The lowest BCUT2D eigenvalue weighted by atomic mass is 9.85. The fourth-order valence-corrected chi connectivity index (χ4v) is 3.72. The minimum atomic E-state index is -1.26. The summed E-state index contributed by atoms with van der Waals surface area (Å²) in [7, 11) is 1.31. The van der Waals surface area contributed by atoms with Crippen molar-refractivity contribution < 1.29 is 29.2 Å². The standard InChI is InChI=1S/C25H35N3O6/c1-6-13-34-20(23(30)27-32)19(15-16-11-12-17-9-7-8-10-18(17)14-16)22(29)26-21(25(2,3)4)24(31)28-33-5/h7-12,14,19-21,32H,6,13,15H2,1-5H3,(H,26,29)(H,27,30)(H,28,31)/t19-,20+,21-/m1/s1. The van der Waals surface area contributed by atoms with Crippen LogP contribution >= 0.6 is 0 Å². The summed E-state index contributed by atoms with van der Waals surface area (Å²) in [6.45, 7) is 7.49. The largest absolute Gasteiger partial charge is 0.367 e. The van der Waals surface area contributed by atoms with Gasteiger partial charge >= 0.3 is 0 Å². The lowest BCUT2D eigenvalue weighted by molar-refractivity contribution is -0.152. The first-order valence-electron chi connectivity index (χ1n) is 11.3. The van der Waals surface area contributed by atoms with Crippen LogP contribution in [0.5, 0.6) is 0 Å². The van der Waals surface area contributed by atoms with Crippen molar-refractivity contribution in [2.24, 2.45) is 11.3 Å². The van der Waals surface area contributed by atoms with Gasteiger partial charge in [-0.05, 0) is 34.6 Å². The maximum Gasteiger partial charge on any atom is 0.273 e. The van der Waals surface area contributed by atoms with Crippen LogP contribution in [0.1, 0.15) is 39.7 Å². The van der Waals surface area contributed by atoms with Gasteiger partial charge in [-0.2, -0.15) is 0 Å². The van der Waals surface area contributed by atoms with Crippen molar-refractivity contribution in [3.63, 3.8) is 0 Å². The van der Waals surface area contributed by atoms with Crippen LogP contribution in [0.3, 0.4) is 0 Å². The van der Waals surface area contributed by atoms with Crippen LogP contribution in [0, 0.1) is 11.3 Å². The van der Waals surface area contributed by atoms with Crippen molar-refractivity contribution in [3.8, 4) is 0 Å². The Labute approximate surface area is 200 Å². The van der Waals surface area contributed by atoms with E-state index in [4.69, 9.17) is 9.57 Å². The van der Waals surface area contributed by atoms with Crippen molar-refractivity contribution >= 4 is 28.5 Å². The molecule has 3 amide bonds. The van der Waals surface area contributed by atoms with Crippen LogP contribution in [0.15, 0.2) is 42.5 Å². The van der Waals surface area contributed by atoms with Crippen LogP contribution in [-0.4, -0.2) is 48.8 Å². The van der Waals surface area contributed by atoms with E-state index in [0.717, 1.165) is 16.3 Å². The molecule has 0 aliphatic carbocycles. The van der Waals surface area contributed by atoms with Crippen molar-refractivity contribution in [1.29, 1.82) is 0 Å². The first-order chi connectivity index (χ1) is 16.1. The summed E-state index contributed by atoms with van der Waals surface area (Å²) >= 11 is 0. The average molecular weight is 474 g/mol. The summed E-state index contributed by atoms with van der Waals surface area (Å²) in [5, 5.41) is 14.1. The number of hydrogen-bond donors (Lipinski definition) is 4. The van der Waals surface area contributed by atoms with Crippen molar-refractivity contribution in [2.75, 3.05) is 13.7 Å². The first kappa shape index (κ1) is 27.2. The molecule has 0 aliphatic rings. The third-order valence-electron chi connectivity index (χ3n) is 5.46. The van der Waals surface area contributed by atoms with Gasteiger partial charge in [0.15, 0.2) is 0 Å². The Morgan fingerprint density at radius 3 is 2.26 bits per heavy atom. The number of fused-ring (bicyclic) bond motifs is 1. The zero-order valence-electron chi connectivity index (χ0n) is 20.4.